The van der Waals surface area contributed by atoms with Gasteiger partial charge in [-0.2, -0.15) is 0 Å². The van der Waals surface area contributed by atoms with Crippen LogP contribution in [0.25, 0.3) is 0 Å². The molecule has 3 aliphatic carbocycles. The molecule has 0 aromatic carbocycles. The Hall–Kier alpha value is -1.86. The normalized spacial score (nSPS) is 27.3. The minimum Gasteiger partial charge on any atom is -0.454 e. The summed E-state index contributed by atoms with van der Waals surface area (Å²) in [6, 6.07) is 0. The van der Waals surface area contributed by atoms with Crippen molar-refractivity contribution in [3.8, 4) is 0 Å². The van der Waals surface area contributed by atoms with E-state index in [1.807, 2.05) is 19.1 Å². The maximum atomic E-state index is 12.2. The molecule has 3 rings (SSSR count). The highest BCUT2D eigenvalue weighted by Crippen LogP contribution is 2.43. The molecule has 3 aliphatic rings. The molecule has 0 heterocycles. The summed E-state index contributed by atoms with van der Waals surface area (Å²) in [5.74, 6) is -0.425. The van der Waals surface area contributed by atoms with Gasteiger partial charge in [-0.1, -0.05) is 11.1 Å². The number of allylic oxidation sites excluding steroid dienone is 2. The van der Waals surface area contributed by atoms with Crippen molar-refractivity contribution in [1.29, 1.82) is 0 Å². The van der Waals surface area contributed by atoms with E-state index in [1.54, 1.807) is 27.7 Å². The van der Waals surface area contributed by atoms with Crippen LogP contribution in [0.5, 0.6) is 0 Å². The lowest BCUT2D eigenvalue weighted by atomic mass is 9.74. The standard InChI is InChI=1S/C20H31NO6/c1-18(2,3)26-17(24)27-20(5)11-15-8-14(9-15)10-19(4,13-20)25-16(23)12-21-6-7-22/h10-11,21-22H,6-9,12-13H2,1-5H3. The summed E-state index contributed by atoms with van der Waals surface area (Å²) >= 11 is 0. The monoisotopic (exact) mass is 381 g/mol. The molecule has 152 valence electrons. The van der Waals surface area contributed by atoms with Gasteiger partial charge in [0.15, 0.2) is 0 Å². The second-order valence-electron chi connectivity index (χ2n) is 8.70. The van der Waals surface area contributed by atoms with E-state index in [9.17, 15) is 9.59 Å². The van der Waals surface area contributed by atoms with E-state index in [0.29, 0.717) is 6.54 Å². The van der Waals surface area contributed by atoms with Crippen LogP contribution in [0.4, 0.5) is 4.79 Å². The van der Waals surface area contributed by atoms with Crippen LogP contribution in [-0.2, 0) is 19.0 Å². The molecule has 0 amide bonds. The second-order valence-corrected chi connectivity index (χ2v) is 8.70. The zero-order chi connectivity index (χ0) is 20.3. The van der Waals surface area contributed by atoms with E-state index >= 15 is 0 Å². The van der Waals surface area contributed by atoms with Gasteiger partial charge >= 0.3 is 12.1 Å². The number of rotatable bonds is 6. The highest BCUT2D eigenvalue weighted by Gasteiger charge is 2.43. The molecule has 0 aromatic rings. The Morgan fingerprint density at radius 2 is 1.67 bits per heavy atom. The van der Waals surface area contributed by atoms with Gasteiger partial charge in [-0.3, -0.25) is 4.79 Å². The van der Waals surface area contributed by atoms with Crippen molar-refractivity contribution >= 4 is 12.1 Å². The summed E-state index contributed by atoms with van der Waals surface area (Å²) in [6.45, 7) is 9.22. The number of ether oxygens (including phenoxy) is 3. The summed E-state index contributed by atoms with van der Waals surface area (Å²) in [5.41, 5.74) is -0.107. The molecule has 2 atom stereocenters. The zero-order valence-corrected chi connectivity index (χ0v) is 16.9. The van der Waals surface area contributed by atoms with Crippen molar-refractivity contribution in [1.82, 2.24) is 5.32 Å². The van der Waals surface area contributed by atoms with Gasteiger partial charge in [-0.05, 0) is 59.6 Å². The number of hydrogen-bond donors (Lipinski definition) is 2. The first-order valence-corrected chi connectivity index (χ1v) is 9.29. The van der Waals surface area contributed by atoms with Crippen molar-refractivity contribution in [2.75, 3.05) is 19.7 Å². The summed E-state index contributed by atoms with van der Waals surface area (Å²) in [4.78, 5) is 24.4. The number of aliphatic hydroxyl groups excluding tert-OH is 1. The lowest BCUT2D eigenvalue weighted by Crippen LogP contribution is -2.45. The lowest BCUT2D eigenvalue weighted by molar-refractivity contribution is -0.156. The Morgan fingerprint density at radius 3 is 2.19 bits per heavy atom. The molecule has 7 heteroatoms. The number of hydrogen-bond acceptors (Lipinski definition) is 7. The van der Waals surface area contributed by atoms with Crippen molar-refractivity contribution in [2.24, 2.45) is 0 Å². The van der Waals surface area contributed by atoms with Crippen molar-refractivity contribution < 1.29 is 28.9 Å². The Bertz CT molecular complexity index is 637. The Morgan fingerprint density at radius 1 is 1.11 bits per heavy atom. The number of fused-ring (bicyclic) bond motifs is 4. The van der Waals surface area contributed by atoms with Gasteiger partial charge in [-0.25, -0.2) is 4.79 Å². The minimum atomic E-state index is -0.951. The van der Waals surface area contributed by atoms with Crippen LogP contribution in [0.2, 0.25) is 0 Å². The molecule has 0 saturated heterocycles. The summed E-state index contributed by atoms with van der Waals surface area (Å²) in [5, 5.41) is 11.6. The quantitative estimate of drug-likeness (QED) is 0.415. The van der Waals surface area contributed by atoms with E-state index in [0.717, 1.165) is 12.8 Å². The molecular weight excluding hydrogens is 350 g/mol. The predicted molar refractivity (Wildman–Crippen MR) is 100 cm³/mol. The van der Waals surface area contributed by atoms with Crippen LogP contribution in [0.15, 0.2) is 23.3 Å². The third kappa shape index (κ3) is 6.66. The van der Waals surface area contributed by atoms with E-state index < -0.39 is 28.9 Å². The van der Waals surface area contributed by atoms with Gasteiger partial charge in [0.2, 0.25) is 0 Å². The second kappa shape index (κ2) is 8.02. The third-order valence-corrected chi connectivity index (χ3v) is 4.24. The molecular formula is C20H31NO6. The number of carbonyl (C=O) groups excluding carboxylic acids is 2. The lowest BCUT2D eigenvalue weighted by Gasteiger charge is -2.41. The fourth-order valence-corrected chi connectivity index (χ4v) is 3.56. The minimum absolute atomic E-state index is 0.00402. The molecule has 2 N–H and O–H groups in total. The summed E-state index contributed by atoms with van der Waals surface area (Å²) in [7, 11) is 0. The van der Waals surface area contributed by atoms with Gasteiger partial charge in [0.05, 0.1) is 13.2 Å². The van der Waals surface area contributed by atoms with Gasteiger partial charge in [0, 0.05) is 13.0 Å². The first kappa shape index (κ1) is 21.4. The van der Waals surface area contributed by atoms with Crippen LogP contribution in [0, 0.1) is 0 Å². The van der Waals surface area contributed by atoms with Crippen LogP contribution < -0.4 is 5.32 Å². The number of esters is 1. The maximum absolute atomic E-state index is 12.2. The third-order valence-electron chi connectivity index (χ3n) is 4.24. The molecule has 27 heavy (non-hydrogen) atoms. The maximum Gasteiger partial charge on any atom is 0.509 e. The van der Waals surface area contributed by atoms with Crippen LogP contribution in [0.3, 0.4) is 0 Å². The van der Waals surface area contributed by atoms with Gasteiger partial charge in [0.25, 0.3) is 0 Å². The molecule has 0 aliphatic heterocycles. The molecule has 0 spiro atoms. The van der Waals surface area contributed by atoms with Gasteiger partial charge in [0.1, 0.15) is 16.8 Å². The van der Waals surface area contributed by atoms with E-state index in [1.165, 1.54) is 11.1 Å². The average molecular weight is 381 g/mol. The van der Waals surface area contributed by atoms with Gasteiger partial charge < -0.3 is 24.6 Å². The van der Waals surface area contributed by atoms with E-state index in [4.69, 9.17) is 19.3 Å². The number of nitrogens with one attached hydrogen (secondary N) is 1. The molecule has 0 radical (unpaired) electrons. The van der Waals surface area contributed by atoms with E-state index in [2.05, 4.69) is 5.32 Å². The number of aliphatic hydroxyl groups is 1. The smallest absolute Gasteiger partial charge is 0.454 e. The SMILES string of the molecule is CC(C)(C)OC(=O)OC1(C)C=C2CC(=CC(C)(OC(=O)CNCCO)C1)C2. The Balaban J connectivity index is 2.12. The first-order valence-electron chi connectivity index (χ1n) is 9.29. The Labute approximate surface area is 160 Å². The van der Waals surface area contributed by atoms with Crippen molar-refractivity contribution in [2.45, 2.75) is 70.7 Å². The molecule has 0 aromatic heterocycles. The molecule has 1 fully saturated rings. The van der Waals surface area contributed by atoms with Crippen molar-refractivity contribution in [3.05, 3.63) is 23.3 Å². The largest absolute Gasteiger partial charge is 0.509 e. The Kier molecular flexibility index (Phi) is 6.37. The summed E-state index contributed by atoms with van der Waals surface area (Å²) in [6.07, 6.45) is 5.04. The topological polar surface area (TPSA) is 94.1 Å². The zero-order valence-electron chi connectivity index (χ0n) is 16.9. The fraction of sp³-hybridized carbons (Fsp3) is 0.700. The molecule has 2 unspecified atom stereocenters. The predicted octanol–water partition coefficient (Wildman–Crippen LogP) is 2.63. The van der Waals surface area contributed by atoms with Gasteiger partial charge in [-0.15, -0.1) is 0 Å². The van der Waals surface area contributed by atoms with Crippen LogP contribution in [-0.4, -0.2) is 53.7 Å². The van der Waals surface area contributed by atoms with Crippen LogP contribution in [0.1, 0.15) is 53.9 Å². The highest BCUT2D eigenvalue weighted by molar-refractivity contribution is 5.72. The molecule has 7 nitrogen and oxygen atoms in total. The van der Waals surface area contributed by atoms with E-state index in [-0.39, 0.29) is 19.6 Å². The molecule has 2 bridgehead atoms. The van der Waals surface area contributed by atoms with Crippen LogP contribution >= 0.6 is 0 Å². The fourth-order valence-electron chi connectivity index (χ4n) is 3.56. The van der Waals surface area contributed by atoms with Crippen molar-refractivity contribution in [3.63, 3.8) is 0 Å². The highest BCUT2D eigenvalue weighted by atomic mass is 16.7. The number of carbonyl (C=O) groups is 2. The molecule has 1 saturated carbocycles. The first-order chi connectivity index (χ1) is 12.4. The summed E-state index contributed by atoms with van der Waals surface area (Å²) < 4.78 is 16.7. The average Bonchev–Trinajstić information content (AvgIpc) is 2.40.